The van der Waals surface area contributed by atoms with Crippen molar-refractivity contribution in [2.75, 3.05) is 24.1 Å². The SMILES string of the molecule is CC(C)n1c(=O)c(-c2ccc(NS(=O)(=O)C3CCC3)c(F)c2)nc2cnc(NC3CCC(N(C)C)CC3)nc21. The topological polar surface area (TPSA) is 122 Å². The summed E-state index contributed by atoms with van der Waals surface area (Å²) in [5.41, 5.74) is 0.569. The molecule has 2 saturated carbocycles. The summed E-state index contributed by atoms with van der Waals surface area (Å²) in [6.07, 6.45) is 7.78. The molecule has 12 heteroatoms. The van der Waals surface area contributed by atoms with E-state index in [-0.39, 0.29) is 29.0 Å². The number of rotatable bonds is 8. The normalized spacial score (nSPS) is 20.4. The van der Waals surface area contributed by atoms with Crippen molar-refractivity contribution in [2.45, 2.75) is 82.2 Å². The lowest BCUT2D eigenvalue weighted by atomic mass is 9.91. The van der Waals surface area contributed by atoms with Gasteiger partial charge in [0.05, 0.1) is 17.1 Å². The van der Waals surface area contributed by atoms with E-state index in [1.165, 1.54) is 12.1 Å². The van der Waals surface area contributed by atoms with Gasteiger partial charge in [-0.1, -0.05) is 12.5 Å². The third-order valence-electron chi connectivity index (χ3n) is 7.89. The molecule has 0 unspecified atom stereocenters. The van der Waals surface area contributed by atoms with Crippen molar-refractivity contribution in [3.63, 3.8) is 0 Å². The maximum Gasteiger partial charge on any atom is 0.278 e. The van der Waals surface area contributed by atoms with Crippen molar-refractivity contribution in [3.8, 4) is 11.3 Å². The Morgan fingerprint density at radius 1 is 1.08 bits per heavy atom. The van der Waals surface area contributed by atoms with Crippen LogP contribution in [0.25, 0.3) is 22.4 Å². The van der Waals surface area contributed by atoms with Crippen molar-refractivity contribution < 1.29 is 12.8 Å². The number of hydrogen-bond acceptors (Lipinski definition) is 8. The van der Waals surface area contributed by atoms with Crippen LogP contribution in [0, 0.1) is 5.82 Å². The first kappa shape index (κ1) is 27.4. The van der Waals surface area contributed by atoms with Crippen LogP contribution in [0.3, 0.4) is 0 Å². The maximum absolute atomic E-state index is 15.0. The van der Waals surface area contributed by atoms with E-state index in [0.717, 1.165) is 38.2 Å². The van der Waals surface area contributed by atoms with Crippen molar-refractivity contribution in [1.29, 1.82) is 0 Å². The molecule has 0 aliphatic heterocycles. The standard InChI is InChI=1S/C27H36FN7O3S/c1-16(2)35-25-23(15-29-27(32-25)30-18-9-11-19(12-10-18)34(3)4)31-24(26(35)36)17-8-13-22(21(28)14-17)33-39(37,38)20-6-5-7-20/h8,13-16,18-20,33H,5-7,9-12H2,1-4H3,(H,29,30,32). The fourth-order valence-electron chi connectivity index (χ4n) is 5.32. The number of sulfonamides is 1. The van der Waals surface area contributed by atoms with Gasteiger partial charge in [-0.2, -0.15) is 4.98 Å². The van der Waals surface area contributed by atoms with Crippen molar-refractivity contribution in [1.82, 2.24) is 24.4 Å². The number of nitrogens with zero attached hydrogens (tertiary/aromatic N) is 5. The quantitative estimate of drug-likeness (QED) is 0.424. The Labute approximate surface area is 228 Å². The van der Waals surface area contributed by atoms with Crippen LogP contribution in [0.5, 0.6) is 0 Å². The van der Waals surface area contributed by atoms with Gasteiger partial charge in [0.2, 0.25) is 16.0 Å². The summed E-state index contributed by atoms with van der Waals surface area (Å²) in [5.74, 6) is -0.319. The van der Waals surface area contributed by atoms with Gasteiger partial charge in [-0.25, -0.2) is 22.8 Å². The van der Waals surface area contributed by atoms with Crippen LogP contribution in [0.1, 0.15) is 64.8 Å². The number of anilines is 2. The molecule has 39 heavy (non-hydrogen) atoms. The smallest absolute Gasteiger partial charge is 0.278 e. The van der Waals surface area contributed by atoms with Crippen LogP contribution >= 0.6 is 0 Å². The van der Waals surface area contributed by atoms with Crippen LogP contribution in [0.2, 0.25) is 0 Å². The van der Waals surface area contributed by atoms with E-state index in [4.69, 9.17) is 0 Å². The molecule has 2 N–H and O–H groups in total. The third kappa shape index (κ3) is 5.62. The van der Waals surface area contributed by atoms with Crippen LogP contribution in [0.15, 0.2) is 29.2 Å². The average Bonchev–Trinajstić information content (AvgIpc) is 2.83. The summed E-state index contributed by atoms with van der Waals surface area (Å²) in [4.78, 5) is 29.5. The Kier molecular flexibility index (Phi) is 7.60. The van der Waals surface area contributed by atoms with E-state index in [9.17, 15) is 13.2 Å². The minimum Gasteiger partial charge on any atom is -0.351 e. The first-order valence-electron chi connectivity index (χ1n) is 13.6. The lowest BCUT2D eigenvalue weighted by Gasteiger charge is -2.32. The molecule has 1 aromatic carbocycles. The zero-order valence-corrected chi connectivity index (χ0v) is 23.6. The Morgan fingerprint density at radius 3 is 2.38 bits per heavy atom. The largest absolute Gasteiger partial charge is 0.351 e. The van der Waals surface area contributed by atoms with Crippen LogP contribution < -0.4 is 15.6 Å². The first-order chi connectivity index (χ1) is 18.5. The number of benzene rings is 1. The highest BCUT2D eigenvalue weighted by atomic mass is 32.2. The highest BCUT2D eigenvalue weighted by molar-refractivity contribution is 7.93. The van der Waals surface area contributed by atoms with Crippen molar-refractivity contribution >= 4 is 32.8 Å². The van der Waals surface area contributed by atoms with Gasteiger partial charge in [0.15, 0.2) is 5.65 Å². The lowest BCUT2D eigenvalue weighted by molar-refractivity contribution is 0.221. The van der Waals surface area contributed by atoms with Gasteiger partial charge in [-0.15, -0.1) is 0 Å². The summed E-state index contributed by atoms with van der Waals surface area (Å²) in [6, 6.07) is 4.58. The molecule has 2 aromatic heterocycles. The predicted octanol–water partition coefficient (Wildman–Crippen LogP) is 4.15. The molecule has 2 fully saturated rings. The zero-order chi connectivity index (χ0) is 27.9. The summed E-state index contributed by atoms with van der Waals surface area (Å²) in [5, 5.41) is 2.93. The second-order valence-corrected chi connectivity index (χ2v) is 13.1. The van der Waals surface area contributed by atoms with Gasteiger partial charge in [-0.05, 0) is 78.6 Å². The molecule has 2 heterocycles. The summed E-state index contributed by atoms with van der Waals surface area (Å²) >= 11 is 0. The highest BCUT2D eigenvalue weighted by Crippen LogP contribution is 2.30. The van der Waals surface area contributed by atoms with Gasteiger partial charge in [0.1, 0.15) is 17.0 Å². The third-order valence-corrected chi connectivity index (χ3v) is 9.75. The number of nitrogens with one attached hydrogen (secondary N) is 2. The molecule has 0 atom stereocenters. The van der Waals surface area contributed by atoms with Gasteiger partial charge in [-0.3, -0.25) is 14.1 Å². The lowest BCUT2D eigenvalue weighted by Crippen LogP contribution is -2.36. The molecule has 0 saturated heterocycles. The van der Waals surface area contributed by atoms with Gasteiger partial charge in [0.25, 0.3) is 5.56 Å². The Morgan fingerprint density at radius 2 is 1.79 bits per heavy atom. The number of fused-ring (bicyclic) bond motifs is 1. The Balaban J connectivity index is 1.44. The van der Waals surface area contributed by atoms with E-state index in [0.29, 0.717) is 36.0 Å². The summed E-state index contributed by atoms with van der Waals surface area (Å²) in [7, 11) is 0.568. The summed E-state index contributed by atoms with van der Waals surface area (Å²) in [6.45, 7) is 3.75. The molecule has 0 radical (unpaired) electrons. The van der Waals surface area contributed by atoms with E-state index in [2.05, 4.69) is 44.0 Å². The molecule has 10 nitrogen and oxygen atoms in total. The molecule has 5 rings (SSSR count). The molecular weight excluding hydrogens is 521 g/mol. The second-order valence-electron chi connectivity index (χ2n) is 11.1. The van der Waals surface area contributed by atoms with Crippen molar-refractivity contribution in [3.05, 3.63) is 40.6 Å². The first-order valence-corrected chi connectivity index (χ1v) is 15.1. The van der Waals surface area contributed by atoms with E-state index in [1.54, 1.807) is 10.8 Å². The van der Waals surface area contributed by atoms with Crippen LogP contribution in [-0.2, 0) is 10.0 Å². The van der Waals surface area contributed by atoms with Crippen molar-refractivity contribution in [2.24, 2.45) is 0 Å². The minimum absolute atomic E-state index is 0.0508. The molecule has 2 aliphatic carbocycles. The monoisotopic (exact) mass is 557 g/mol. The molecular formula is C27H36FN7O3S. The highest BCUT2D eigenvalue weighted by Gasteiger charge is 2.32. The molecule has 3 aromatic rings. The zero-order valence-electron chi connectivity index (χ0n) is 22.8. The second kappa shape index (κ2) is 10.8. The molecule has 0 bridgehead atoms. The number of aromatic nitrogens is 4. The van der Waals surface area contributed by atoms with Gasteiger partial charge >= 0.3 is 0 Å². The van der Waals surface area contributed by atoms with Crippen LogP contribution in [0.4, 0.5) is 16.0 Å². The Bertz CT molecular complexity index is 1530. The molecule has 0 amide bonds. The maximum atomic E-state index is 15.0. The van der Waals surface area contributed by atoms with E-state index < -0.39 is 26.6 Å². The van der Waals surface area contributed by atoms with Crippen LogP contribution in [-0.4, -0.2) is 64.3 Å². The number of hydrogen-bond donors (Lipinski definition) is 2. The van der Waals surface area contributed by atoms with E-state index >= 15 is 4.39 Å². The minimum atomic E-state index is -3.65. The Hall–Kier alpha value is -3.12. The molecule has 0 spiro atoms. The van der Waals surface area contributed by atoms with E-state index in [1.807, 2.05) is 13.8 Å². The number of halogens is 1. The van der Waals surface area contributed by atoms with Gasteiger partial charge < -0.3 is 10.2 Å². The summed E-state index contributed by atoms with van der Waals surface area (Å²) < 4.78 is 43.8. The molecule has 2 aliphatic rings. The van der Waals surface area contributed by atoms with Gasteiger partial charge in [0, 0.05) is 23.7 Å². The fraction of sp³-hybridized carbons (Fsp3) is 0.556. The molecule has 210 valence electrons. The average molecular weight is 558 g/mol. The predicted molar refractivity (Wildman–Crippen MR) is 151 cm³/mol. The fourth-order valence-corrected chi connectivity index (χ4v) is 6.91.